The summed E-state index contributed by atoms with van der Waals surface area (Å²) >= 11 is 0. The van der Waals surface area contributed by atoms with Crippen molar-refractivity contribution in [3.63, 3.8) is 0 Å². The molecule has 0 saturated heterocycles. The summed E-state index contributed by atoms with van der Waals surface area (Å²) in [5, 5.41) is 8.67. The van der Waals surface area contributed by atoms with Crippen molar-refractivity contribution in [3.8, 4) is 0 Å². The molecule has 3 heteroatoms. The van der Waals surface area contributed by atoms with Gasteiger partial charge in [-0.2, -0.15) is 0 Å². The van der Waals surface area contributed by atoms with E-state index in [0.29, 0.717) is 12.0 Å². The zero-order valence-corrected chi connectivity index (χ0v) is 8.13. The van der Waals surface area contributed by atoms with E-state index in [1.165, 1.54) is 13.8 Å². The van der Waals surface area contributed by atoms with Crippen molar-refractivity contribution in [2.45, 2.75) is 27.2 Å². The molecule has 0 rings (SSSR count). The molecule has 0 radical (unpaired) electrons. The van der Waals surface area contributed by atoms with Crippen LogP contribution in [0.25, 0.3) is 0 Å². The molecule has 13 heavy (non-hydrogen) atoms. The average Bonchev–Trinajstić information content (AvgIpc) is 2.04. The molecule has 0 aromatic heterocycles. The first-order chi connectivity index (χ1) is 6.00. The third kappa shape index (κ3) is 3.69. The number of hydrogen-bond acceptors (Lipinski definition) is 2. The number of aliphatic carboxylic acids is 1. The van der Waals surface area contributed by atoms with Gasteiger partial charge in [0.25, 0.3) is 0 Å². The number of carboxylic acids is 1. The highest BCUT2D eigenvalue weighted by atomic mass is 16.4. The second-order valence-corrected chi connectivity index (χ2v) is 2.74. The van der Waals surface area contributed by atoms with Crippen molar-refractivity contribution >= 4 is 11.8 Å². The first-order valence-electron chi connectivity index (χ1n) is 4.05. The molecule has 1 N–H and O–H groups in total. The number of ketones is 1. The first kappa shape index (κ1) is 11.6. The summed E-state index contributed by atoms with van der Waals surface area (Å²) < 4.78 is 0. The van der Waals surface area contributed by atoms with Crippen LogP contribution in [-0.4, -0.2) is 16.9 Å². The van der Waals surface area contributed by atoms with Crippen LogP contribution >= 0.6 is 0 Å². The first-order valence-corrected chi connectivity index (χ1v) is 4.05. The van der Waals surface area contributed by atoms with Crippen LogP contribution in [0.1, 0.15) is 27.2 Å². The summed E-state index contributed by atoms with van der Waals surface area (Å²) in [7, 11) is 0. The lowest BCUT2D eigenvalue weighted by Gasteiger charge is -2.02. The van der Waals surface area contributed by atoms with Gasteiger partial charge >= 0.3 is 5.97 Å². The topological polar surface area (TPSA) is 54.4 Å². The molecule has 0 amide bonds. The van der Waals surface area contributed by atoms with E-state index in [1.54, 1.807) is 12.2 Å². The van der Waals surface area contributed by atoms with Crippen LogP contribution < -0.4 is 0 Å². The quantitative estimate of drug-likeness (QED) is 0.534. The number of hydrogen-bond donors (Lipinski definition) is 1. The maximum Gasteiger partial charge on any atom is 0.331 e. The summed E-state index contributed by atoms with van der Waals surface area (Å²) in [5.74, 6) is -1.22. The van der Waals surface area contributed by atoms with Crippen LogP contribution in [0.3, 0.4) is 0 Å². The van der Waals surface area contributed by atoms with Crippen molar-refractivity contribution in [1.82, 2.24) is 0 Å². The van der Waals surface area contributed by atoms with Gasteiger partial charge < -0.3 is 5.11 Å². The molecule has 0 spiro atoms. The minimum absolute atomic E-state index is 0.130. The van der Waals surface area contributed by atoms with Gasteiger partial charge in [0.05, 0.1) is 0 Å². The van der Waals surface area contributed by atoms with Gasteiger partial charge in [-0.3, -0.25) is 4.79 Å². The van der Waals surface area contributed by atoms with Gasteiger partial charge in [0.1, 0.15) is 0 Å². The van der Waals surface area contributed by atoms with Gasteiger partial charge in [0, 0.05) is 11.1 Å². The molecule has 0 aliphatic heterocycles. The fraction of sp³-hybridized carbons (Fsp3) is 0.400. The molecule has 0 aliphatic rings. The predicted octanol–water partition coefficient (Wildman–Crippen LogP) is 1.94. The van der Waals surface area contributed by atoms with Gasteiger partial charge in [0.2, 0.25) is 0 Å². The predicted molar refractivity (Wildman–Crippen MR) is 50.4 cm³/mol. The van der Waals surface area contributed by atoms with Crippen LogP contribution in [0.2, 0.25) is 0 Å². The minimum atomic E-state index is -1.03. The average molecular weight is 182 g/mol. The van der Waals surface area contributed by atoms with E-state index in [9.17, 15) is 9.59 Å². The van der Waals surface area contributed by atoms with Crippen LogP contribution in [0.4, 0.5) is 0 Å². The Balaban J connectivity index is 4.88. The van der Waals surface area contributed by atoms with E-state index in [0.717, 1.165) is 0 Å². The molecule has 0 atom stereocenters. The molecule has 0 unspecified atom stereocenters. The smallest absolute Gasteiger partial charge is 0.331 e. The Morgan fingerprint density at radius 2 is 1.85 bits per heavy atom. The minimum Gasteiger partial charge on any atom is -0.478 e. The van der Waals surface area contributed by atoms with Crippen LogP contribution in [-0.2, 0) is 9.59 Å². The Kier molecular flexibility index (Phi) is 4.74. The summed E-state index contributed by atoms with van der Waals surface area (Å²) in [6.45, 7) is 4.65. The SMILES string of the molecule is CC=CC/C(C(C)=O)=C(\C)C(=O)O. The van der Waals surface area contributed by atoms with Gasteiger partial charge in [0.15, 0.2) is 5.78 Å². The largest absolute Gasteiger partial charge is 0.478 e. The van der Waals surface area contributed by atoms with E-state index in [1.807, 2.05) is 6.92 Å². The Morgan fingerprint density at radius 1 is 1.31 bits per heavy atom. The highest BCUT2D eigenvalue weighted by molar-refractivity contribution is 6.01. The number of carbonyl (C=O) groups is 2. The normalized spacial score (nSPS) is 12.8. The van der Waals surface area contributed by atoms with Crippen molar-refractivity contribution in [1.29, 1.82) is 0 Å². The number of Topliss-reactive ketones (excluding diaryl/α,β-unsaturated/α-hetero) is 1. The lowest BCUT2D eigenvalue weighted by molar-refractivity contribution is -0.133. The number of rotatable bonds is 4. The lowest BCUT2D eigenvalue weighted by atomic mass is 10.0. The highest BCUT2D eigenvalue weighted by Crippen LogP contribution is 2.11. The Morgan fingerprint density at radius 3 is 2.15 bits per heavy atom. The standard InChI is InChI=1S/C10H14O3/c1-4-5-6-9(8(3)11)7(2)10(12)13/h4-5H,6H2,1-3H3,(H,12,13)/b5-4?,9-7-. The Bertz CT molecular complexity index is 272. The summed E-state index contributed by atoms with van der Waals surface area (Å²) in [6, 6.07) is 0. The monoisotopic (exact) mass is 182 g/mol. The maximum atomic E-state index is 11.0. The molecule has 0 fully saturated rings. The number of carboxylic acid groups (broad SMARTS) is 1. The van der Waals surface area contributed by atoms with Gasteiger partial charge in [-0.15, -0.1) is 0 Å². The zero-order chi connectivity index (χ0) is 10.4. The van der Waals surface area contributed by atoms with Crippen molar-refractivity contribution in [3.05, 3.63) is 23.3 Å². The van der Waals surface area contributed by atoms with Crippen LogP contribution in [0, 0.1) is 0 Å². The van der Waals surface area contributed by atoms with Crippen molar-refractivity contribution in [2.24, 2.45) is 0 Å². The fourth-order valence-electron chi connectivity index (χ4n) is 0.926. The fourth-order valence-corrected chi connectivity index (χ4v) is 0.926. The summed E-state index contributed by atoms with van der Waals surface area (Å²) in [6.07, 6.45) is 3.95. The maximum absolute atomic E-state index is 11.0. The van der Waals surface area contributed by atoms with Crippen LogP contribution in [0.5, 0.6) is 0 Å². The molecule has 0 aliphatic carbocycles. The molecule has 72 valence electrons. The summed E-state index contributed by atoms with van der Waals surface area (Å²) in [4.78, 5) is 21.6. The van der Waals surface area contributed by atoms with Gasteiger partial charge in [-0.1, -0.05) is 12.2 Å². The second kappa shape index (κ2) is 5.30. The summed E-state index contributed by atoms with van der Waals surface area (Å²) in [5.41, 5.74) is 0.496. The van der Waals surface area contributed by atoms with Gasteiger partial charge in [-0.05, 0) is 27.2 Å². The Labute approximate surface area is 77.8 Å². The molecule has 0 heterocycles. The third-order valence-electron chi connectivity index (χ3n) is 1.76. The van der Waals surface area contributed by atoms with E-state index < -0.39 is 5.97 Å². The van der Waals surface area contributed by atoms with E-state index in [4.69, 9.17) is 5.11 Å². The van der Waals surface area contributed by atoms with E-state index in [2.05, 4.69) is 0 Å². The second-order valence-electron chi connectivity index (χ2n) is 2.74. The molecule has 0 aromatic carbocycles. The molecule has 0 aromatic rings. The lowest BCUT2D eigenvalue weighted by Crippen LogP contribution is -2.06. The Hall–Kier alpha value is -1.38. The van der Waals surface area contributed by atoms with Crippen molar-refractivity contribution in [2.75, 3.05) is 0 Å². The van der Waals surface area contributed by atoms with Gasteiger partial charge in [-0.25, -0.2) is 4.79 Å². The van der Waals surface area contributed by atoms with E-state index in [-0.39, 0.29) is 11.4 Å². The third-order valence-corrected chi connectivity index (χ3v) is 1.76. The van der Waals surface area contributed by atoms with Crippen LogP contribution in [0.15, 0.2) is 23.3 Å². The van der Waals surface area contributed by atoms with Crippen molar-refractivity contribution < 1.29 is 14.7 Å². The molecular formula is C10H14O3. The molecule has 0 bridgehead atoms. The molecule has 3 nitrogen and oxygen atoms in total. The number of allylic oxidation sites excluding steroid dienone is 3. The number of carbonyl (C=O) groups excluding carboxylic acids is 1. The zero-order valence-electron chi connectivity index (χ0n) is 8.13. The highest BCUT2D eigenvalue weighted by Gasteiger charge is 2.11. The molecule has 0 saturated carbocycles. The molecular weight excluding hydrogens is 168 g/mol. The van der Waals surface area contributed by atoms with E-state index >= 15 is 0 Å².